The second kappa shape index (κ2) is 5.67. The van der Waals surface area contributed by atoms with Gasteiger partial charge in [-0.1, -0.05) is 0 Å². The maximum Gasteiger partial charge on any atom is 0.239 e. The van der Waals surface area contributed by atoms with E-state index in [-0.39, 0.29) is 22.9 Å². The number of hydrogen-bond acceptors (Lipinski definition) is 4. The molecule has 2 aliphatic rings. The minimum atomic E-state index is -0.363. The van der Waals surface area contributed by atoms with Gasteiger partial charge in [0.15, 0.2) is 0 Å². The molecule has 6 heteroatoms. The molecule has 6 nitrogen and oxygen atoms in total. The maximum absolute atomic E-state index is 10.9. The molecule has 2 heterocycles. The zero-order chi connectivity index (χ0) is 13.8. The van der Waals surface area contributed by atoms with Crippen molar-refractivity contribution in [3.05, 3.63) is 0 Å². The number of carbonyl (C=O) groups is 2. The average molecular weight is 256 g/mol. The average Bonchev–Trinajstić information content (AvgIpc) is 2.21. The van der Waals surface area contributed by atoms with Crippen LogP contribution in [0.15, 0.2) is 0 Å². The Labute approximate surface area is 108 Å². The molecular weight excluding hydrogens is 232 g/mol. The molecule has 2 rings (SSSR count). The van der Waals surface area contributed by atoms with Gasteiger partial charge in [0.1, 0.15) is 0 Å². The molecule has 0 bridgehead atoms. The second-order valence-corrected chi connectivity index (χ2v) is 5.84. The first-order valence-electron chi connectivity index (χ1n) is 6.28. The number of nitrogens with one attached hydrogen (secondary N) is 4. The van der Waals surface area contributed by atoms with E-state index >= 15 is 0 Å². The number of amides is 2. The summed E-state index contributed by atoms with van der Waals surface area (Å²) >= 11 is 0. The predicted molar refractivity (Wildman–Crippen MR) is 70.2 cm³/mol. The van der Waals surface area contributed by atoms with Crippen molar-refractivity contribution in [1.82, 2.24) is 21.3 Å². The fourth-order valence-electron chi connectivity index (χ4n) is 1.81. The summed E-state index contributed by atoms with van der Waals surface area (Å²) in [6, 6.07) is 0. The van der Waals surface area contributed by atoms with E-state index in [0.717, 1.165) is 19.6 Å². The monoisotopic (exact) mass is 256 g/mol. The van der Waals surface area contributed by atoms with E-state index in [0.29, 0.717) is 6.54 Å². The highest BCUT2D eigenvalue weighted by atomic mass is 16.2. The Hall–Kier alpha value is -1.14. The summed E-state index contributed by atoms with van der Waals surface area (Å²) in [5, 5.41) is 11.7. The predicted octanol–water partition coefficient (Wildman–Crippen LogP) is -1.03. The van der Waals surface area contributed by atoms with Crippen molar-refractivity contribution in [3.8, 4) is 0 Å². The van der Waals surface area contributed by atoms with Gasteiger partial charge in [-0.05, 0) is 27.7 Å². The Morgan fingerprint density at radius 2 is 1.72 bits per heavy atom. The Bertz CT molecular complexity index is 326. The van der Waals surface area contributed by atoms with Crippen molar-refractivity contribution in [1.29, 1.82) is 0 Å². The number of rotatable bonds is 0. The van der Waals surface area contributed by atoms with Crippen LogP contribution in [0.5, 0.6) is 0 Å². The first kappa shape index (κ1) is 14.9. The van der Waals surface area contributed by atoms with Gasteiger partial charge < -0.3 is 21.3 Å². The van der Waals surface area contributed by atoms with Crippen LogP contribution >= 0.6 is 0 Å². The third-order valence-electron chi connectivity index (χ3n) is 2.88. The summed E-state index contributed by atoms with van der Waals surface area (Å²) in [5.41, 5.74) is -0.423. The molecule has 18 heavy (non-hydrogen) atoms. The molecule has 2 amide bonds. The van der Waals surface area contributed by atoms with Gasteiger partial charge in [0.05, 0.1) is 12.1 Å². The van der Waals surface area contributed by atoms with E-state index in [1.807, 2.05) is 27.7 Å². The maximum atomic E-state index is 10.9. The first-order chi connectivity index (χ1) is 8.23. The Kier molecular flexibility index (Phi) is 4.70. The van der Waals surface area contributed by atoms with Crippen molar-refractivity contribution in [2.24, 2.45) is 0 Å². The number of hydrogen-bond donors (Lipinski definition) is 4. The van der Waals surface area contributed by atoms with Crippen molar-refractivity contribution in [2.45, 2.75) is 38.8 Å². The molecule has 0 unspecified atom stereocenters. The van der Waals surface area contributed by atoms with E-state index < -0.39 is 0 Å². The zero-order valence-electron chi connectivity index (χ0n) is 11.6. The van der Waals surface area contributed by atoms with Crippen molar-refractivity contribution in [3.63, 3.8) is 0 Å². The van der Waals surface area contributed by atoms with Crippen LogP contribution in [0, 0.1) is 0 Å². The minimum absolute atomic E-state index is 0.0602. The van der Waals surface area contributed by atoms with Gasteiger partial charge in [-0.3, -0.25) is 9.59 Å². The molecule has 0 aromatic carbocycles. The molecule has 0 atom stereocenters. The molecule has 2 aliphatic heterocycles. The smallest absolute Gasteiger partial charge is 0.239 e. The number of carbonyl (C=O) groups excluding carboxylic acids is 2. The summed E-state index contributed by atoms with van der Waals surface area (Å²) in [6.45, 7) is 10.7. The molecule has 4 N–H and O–H groups in total. The Balaban J connectivity index is 0.000000180. The van der Waals surface area contributed by atoms with E-state index in [2.05, 4.69) is 21.3 Å². The molecule has 2 saturated heterocycles. The van der Waals surface area contributed by atoms with Crippen LogP contribution in [-0.4, -0.2) is 49.1 Å². The SMILES string of the molecule is CC1(C)CNCC(=O)N1.CC1(C)NCCNC1=O. The zero-order valence-corrected chi connectivity index (χ0v) is 11.6. The molecule has 0 aromatic rings. The molecule has 2 fully saturated rings. The Morgan fingerprint density at radius 1 is 1.06 bits per heavy atom. The van der Waals surface area contributed by atoms with Gasteiger partial charge in [-0.15, -0.1) is 0 Å². The van der Waals surface area contributed by atoms with Crippen molar-refractivity contribution >= 4 is 11.8 Å². The Morgan fingerprint density at radius 3 is 2.06 bits per heavy atom. The van der Waals surface area contributed by atoms with Crippen LogP contribution in [0.1, 0.15) is 27.7 Å². The van der Waals surface area contributed by atoms with E-state index in [1.165, 1.54) is 0 Å². The lowest BCUT2D eigenvalue weighted by molar-refractivity contribution is -0.127. The number of piperazine rings is 2. The van der Waals surface area contributed by atoms with Gasteiger partial charge in [-0.25, -0.2) is 0 Å². The highest BCUT2D eigenvalue weighted by Crippen LogP contribution is 2.03. The molecule has 0 aromatic heterocycles. The minimum Gasteiger partial charge on any atom is -0.353 e. The molecule has 0 spiro atoms. The van der Waals surface area contributed by atoms with E-state index in [1.54, 1.807) is 0 Å². The largest absolute Gasteiger partial charge is 0.353 e. The van der Waals surface area contributed by atoms with Crippen LogP contribution in [0.4, 0.5) is 0 Å². The van der Waals surface area contributed by atoms with E-state index in [9.17, 15) is 9.59 Å². The fourth-order valence-corrected chi connectivity index (χ4v) is 1.81. The quantitative estimate of drug-likeness (QED) is 0.447. The highest BCUT2D eigenvalue weighted by Gasteiger charge is 2.29. The van der Waals surface area contributed by atoms with Gasteiger partial charge in [0.25, 0.3) is 0 Å². The molecule has 0 saturated carbocycles. The molecule has 0 radical (unpaired) electrons. The van der Waals surface area contributed by atoms with Crippen LogP contribution < -0.4 is 21.3 Å². The van der Waals surface area contributed by atoms with Crippen LogP contribution in [0.25, 0.3) is 0 Å². The third-order valence-corrected chi connectivity index (χ3v) is 2.88. The molecule has 0 aliphatic carbocycles. The van der Waals surface area contributed by atoms with Gasteiger partial charge in [0.2, 0.25) is 11.8 Å². The van der Waals surface area contributed by atoms with Crippen molar-refractivity contribution in [2.75, 3.05) is 26.2 Å². The van der Waals surface area contributed by atoms with Gasteiger partial charge in [-0.2, -0.15) is 0 Å². The van der Waals surface area contributed by atoms with Crippen LogP contribution in [0.2, 0.25) is 0 Å². The first-order valence-corrected chi connectivity index (χ1v) is 6.28. The standard InChI is InChI=1S/2C6H12N2O/c1-6(2)4-7-3-5(9)8-6;1-6(2)5(9)7-3-4-8-6/h7H,3-4H2,1-2H3,(H,8,9);8H,3-4H2,1-2H3,(H,7,9). The fraction of sp³-hybridized carbons (Fsp3) is 0.833. The van der Waals surface area contributed by atoms with Crippen molar-refractivity contribution < 1.29 is 9.59 Å². The lowest BCUT2D eigenvalue weighted by atomic mass is 10.0. The lowest BCUT2D eigenvalue weighted by Crippen LogP contribution is -2.59. The highest BCUT2D eigenvalue weighted by molar-refractivity contribution is 5.86. The summed E-state index contributed by atoms with van der Waals surface area (Å²) < 4.78 is 0. The van der Waals surface area contributed by atoms with E-state index in [4.69, 9.17) is 0 Å². The summed E-state index contributed by atoms with van der Waals surface area (Å²) in [6.07, 6.45) is 0. The van der Waals surface area contributed by atoms with Crippen LogP contribution in [0.3, 0.4) is 0 Å². The topological polar surface area (TPSA) is 82.3 Å². The normalized spacial score (nSPS) is 25.3. The summed E-state index contributed by atoms with van der Waals surface area (Å²) in [7, 11) is 0. The second-order valence-electron chi connectivity index (χ2n) is 5.84. The molecule has 104 valence electrons. The summed E-state index contributed by atoms with van der Waals surface area (Å²) in [5.74, 6) is 0.181. The molecular formula is C12H24N4O2. The summed E-state index contributed by atoms with van der Waals surface area (Å²) in [4.78, 5) is 21.6. The van der Waals surface area contributed by atoms with Gasteiger partial charge in [0, 0.05) is 25.2 Å². The van der Waals surface area contributed by atoms with Crippen LogP contribution in [-0.2, 0) is 9.59 Å². The van der Waals surface area contributed by atoms with Gasteiger partial charge >= 0.3 is 0 Å². The lowest BCUT2D eigenvalue weighted by Gasteiger charge is -2.30. The third kappa shape index (κ3) is 4.62.